The number of amides is 1. The monoisotopic (exact) mass is 359 g/mol. The van der Waals surface area contributed by atoms with Gasteiger partial charge in [0.15, 0.2) is 0 Å². The molecular formula is C17H14ClN3O2S. The fourth-order valence-electron chi connectivity index (χ4n) is 2.66. The van der Waals surface area contributed by atoms with Crippen molar-refractivity contribution in [2.75, 3.05) is 0 Å². The van der Waals surface area contributed by atoms with Crippen LogP contribution in [0.5, 0.6) is 0 Å². The van der Waals surface area contributed by atoms with Crippen molar-refractivity contribution in [3.63, 3.8) is 0 Å². The van der Waals surface area contributed by atoms with Crippen molar-refractivity contribution in [3.05, 3.63) is 57.4 Å². The molecule has 24 heavy (non-hydrogen) atoms. The summed E-state index contributed by atoms with van der Waals surface area (Å²) in [6, 6.07) is 13.7. The zero-order valence-electron chi connectivity index (χ0n) is 12.6. The highest BCUT2D eigenvalue weighted by atomic mass is 35.5. The molecule has 2 N–H and O–H groups in total. The van der Waals surface area contributed by atoms with E-state index >= 15 is 0 Å². The quantitative estimate of drug-likeness (QED) is 0.746. The van der Waals surface area contributed by atoms with Gasteiger partial charge in [0.2, 0.25) is 6.10 Å². The predicted molar refractivity (Wildman–Crippen MR) is 95.5 cm³/mol. The van der Waals surface area contributed by atoms with Gasteiger partial charge in [-0.25, -0.2) is 0 Å². The van der Waals surface area contributed by atoms with Gasteiger partial charge in [0.25, 0.3) is 5.91 Å². The van der Waals surface area contributed by atoms with Crippen LogP contribution in [-0.4, -0.2) is 22.7 Å². The van der Waals surface area contributed by atoms with E-state index in [1.807, 2.05) is 42.5 Å². The van der Waals surface area contributed by atoms with E-state index in [1.54, 1.807) is 0 Å². The lowest BCUT2D eigenvalue weighted by atomic mass is 10.1. The number of aromatic nitrogens is 1. The van der Waals surface area contributed by atoms with Gasteiger partial charge in [-0.05, 0) is 29.7 Å². The van der Waals surface area contributed by atoms with Crippen molar-refractivity contribution >= 4 is 45.5 Å². The molecule has 2 aromatic heterocycles. The van der Waals surface area contributed by atoms with Gasteiger partial charge in [0.1, 0.15) is 5.71 Å². The molecule has 3 aromatic rings. The van der Waals surface area contributed by atoms with Crippen molar-refractivity contribution in [1.29, 1.82) is 0 Å². The first-order valence-corrected chi connectivity index (χ1v) is 8.71. The van der Waals surface area contributed by atoms with E-state index in [0.717, 1.165) is 27.2 Å². The topological polar surface area (TPSA) is 66.5 Å². The summed E-state index contributed by atoms with van der Waals surface area (Å²) in [6.07, 6.45) is -0.139. The standard InChI is InChI=1S/C17H14ClN3O2S/c18-16-6-5-15(24-16)13-8-14(23-21-13)17(22)19-9-11-7-10-3-1-2-4-12(10)20-11/h1-7,14,20H,8-9H2,(H,19,22)/t14-/m0/s1. The van der Waals surface area contributed by atoms with Gasteiger partial charge in [0.05, 0.1) is 15.8 Å². The molecule has 5 nitrogen and oxygen atoms in total. The Kier molecular flexibility index (Phi) is 4.00. The van der Waals surface area contributed by atoms with E-state index in [1.165, 1.54) is 11.3 Å². The van der Waals surface area contributed by atoms with Gasteiger partial charge < -0.3 is 15.1 Å². The first-order chi connectivity index (χ1) is 11.7. The molecule has 4 rings (SSSR count). The Hall–Kier alpha value is -2.31. The number of hydrogen-bond donors (Lipinski definition) is 2. The average molecular weight is 360 g/mol. The van der Waals surface area contributed by atoms with E-state index in [-0.39, 0.29) is 5.91 Å². The summed E-state index contributed by atoms with van der Waals surface area (Å²) < 4.78 is 0.694. The van der Waals surface area contributed by atoms with Crippen molar-refractivity contribution in [3.8, 4) is 0 Å². The van der Waals surface area contributed by atoms with Gasteiger partial charge in [-0.1, -0.05) is 35.0 Å². The minimum absolute atomic E-state index is 0.171. The lowest BCUT2D eigenvalue weighted by Gasteiger charge is -2.08. The van der Waals surface area contributed by atoms with Gasteiger partial charge in [-0.2, -0.15) is 0 Å². The van der Waals surface area contributed by atoms with Crippen molar-refractivity contribution in [2.24, 2.45) is 5.16 Å². The molecule has 0 radical (unpaired) electrons. The summed E-state index contributed by atoms with van der Waals surface area (Å²) in [6.45, 7) is 0.424. The molecule has 1 aromatic carbocycles. The molecule has 0 saturated heterocycles. The summed E-state index contributed by atoms with van der Waals surface area (Å²) in [5.41, 5.74) is 2.77. The van der Waals surface area contributed by atoms with E-state index in [9.17, 15) is 4.79 Å². The van der Waals surface area contributed by atoms with Crippen LogP contribution in [0.1, 0.15) is 17.0 Å². The third-order valence-corrected chi connectivity index (χ3v) is 5.14. The maximum Gasteiger partial charge on any atom is 0.264 e. The molecule has 0 unspecified atom stereocenters. The normalized spacial score (nSPS) is 16.9. The predicted octanol–water partition coefficient (Wildman–Crippen LogP) is 3.69. The van der Waals surface area contributed by atoms with Crippen LogP contribution in [-0.2, 0) is 16.2 Å². The number of H-pyrrole nitrogens is 1. The number of nitrogens with zero attached hydrogens (tertiary/aromatic N) is 1. The number of fused-ring (bicyclic) bond motifs is 1. The highest BCUT2D eigenvalue weighted by Gasteiger charge is 2.29. The van der Waals surface area contributed by atoms with Crippen LogP contribution >= 0.6 is 22.9 Å². The first kappa shape index (κ1) is 15.2. The van der Waals surface area contributed by atoms with Crippen molar-refractivity contribution in [2.45, 2.75) is 19.1 Å². The van der Waals surface area contributed by atoms with Crippen molar-refractivity contribution in [1.82, 2.24) is 10.3 Å². The Balaban J connectivity index is 1.35. The van der Waals surface area contributed by atoms with E-state index in [0.29, 0.717) is 17.3 Å². The van der Waals surface area contributed by atoms with E-state index in [2.05, 4.69) is 15.5 Å². The van der Waals surface area contributed by atoms with Crippen LogP contribution in [0.3, 0.4) is 0 Å². The molecule has 1 aliphatic heterocycles. The Morgan fingerprint density at radius 1 is 1.38 bits per heavy atom. The zero-order chi connectivity index (χ0) is 16.5. The molecule has 122 valence electrons. The van der Waals surface area contributed by atoms with E-state index in [4.69, 9.17) is 16.4 Å². The third kappa shape index (κ3) is 3.02. The highest BCUT2D eigenvalue weighted by molar-refractivity contribution is 7.18. The highest BCUT2D eigenvalue weighted by Crippen LogP contribution is 2.26. The number of thiophene rings is 1. The molecule has 0 bridgehead atoms. The number of carbonyl (C=O) groups is 1. The smallest absolute Gasteiger partial charge is 0.264 e. The van der Waals surface area contributed by atoms with E-state index < -0.39 is 6.10 Å². The summed E-state index contributed by atoms with van der Waals surface area (Å²) >= 11 is 7.36. The summed E-state index contributed by atoms with van der Waals surface area (Å²) in [5, 5.41) is 8.02. The minimum Gasteiger partial charge on any atom is -0.382 e. The molecule has 1 aliphatic rings. The Bertz CT molecular complexity index is 898. The number of carbonyl (C=O) groups excluding carboxylic acids is 1. The van der Waals surface area contributed by atoms with Crippen LogP contribution in [0.15, 0.2) is 47.6 Å². The van der Waals surface area contributed by atoms with Gasteiger partial charge in [0, 0.05) is 17.6 Å². The van der Waals surface area contributed by atoms with Crippen molar-refractivity contribution < 1.29 is 9.63 Å². The lowest BCUT2D eigenvalue weighted by molar-refractivity contribution is -0.131. The molecule has 7 heteroatoms. The SMILES string of the molecule is O=C(NCc1cc2ccccc2[nH]1)[C@@H]1CC(c2ccc(Cl)s2)=NO1. The number of halogens is 1. The number of hydrogen-bond acceptors (Lipinski definition) is 4. The summed E-state index contributed by atoms with van der Waals surface area (Å²) in [7, 11) is 0. The average Bonchev–Trinajstić information content (AvgIpc) is 3.30. The fraction of sp³-hybridized carbons (Fsp3) is 0.176. The number of rotatable bonds is 4. The Morgan fingerprint density at radius 2 is 2.25 bits per heavy atom. The number of aromatic amines is 1. The largest absolute Gasteiger partial charge is 0.382 e. The summed E-state index contributed by atoms with van der Waals surface area (Å²) in [5.74, 6) is -0.171. The maximum absolute atomic E-state index is 12.3. The fourth-order valence-corrected chi connectivity index (χ4v) is 3.69. The Labute approximate surface area is 147 Å². The van der Waals surface area contributed by atoms with Crippen LogP contribution in [0.2, 0.25) is 4.34 Å². The molecule has 3 heterocycles. The van der Waals surface area contributed by atoms with Gasteiger partial charge in [-0.15, -0.1) is 11.3 Å². The second-order valence-electron chi connectivity index (χ2n) is 5.54. The second-order valence-corrected chi connectivity index (χ2v) is 7.25. The Morgan fingerprint density at radius 3 is 3.04 bits per heavy atom. The molecular weight excluding hydrogens is 346 g/mol. The number of nitrogens with one attached hydrogen (secondary N) is 2. The zero-order valence-corrected chi connectivity index (χ0v) is 14.2. The third-order valence-electron chi connectivity index (χ3n) is 3.86. The minimum atomic E-state index is -0.592. The van der Waals surface area contributed by atoms with Crippen LogP contribution in [0.4, 0.5) is 0 Å². The lowest BCUT2D eigenvalue weighted by Crippen LogP contribution is -2.34. The maximum atomic E-state index is 12.3. The van der Waals surface area contributed by atoms with Crippen LogP contribution in [0.25, 0.3) is 10.9 Å². The summed E-state index contributed by atoms with van der Waals surface area (Å²) in [4.78, 5) is 21.8. The molecule has 0 saturated carbocycles. The molecule has 0 spiro atoms. The molecule has 0 aliphatic carbocycles. The molecule has 1 atom stereocenters. The number of oxime groups is 1. The number of para-hydroxylation sites is 1. The number of benzene rings is 1. The molecule has 1 amide bonds. The molecule has 0 fully saturated rings. The second kappa shape index (κ2) is 6.30. The van der Waals surface area contributed by atoms with Crippen LogP contribution in [0, 0.1) is 0 Å². The van der Waals surface area contributed by atoms with Crippen LogP contribution < -0.4 is 5.32 Å². The van der Waals surface area contributed by atoms with Gasteiger partial charge >= 0.3 is 0 Å². The van der Waals surface area contributed by atoms with Gasteiger partial charge in [-0.3, -0.25) is 4.79 Å². The first-order valence-electron chi connectivity index (χ1n) is 7.52.